The van der Waals surface area contributed by atoms with Crippen molar-refractivity contribution >= 4 is 27.7 Å². The van der Waals surface area contributed by atoms with Gasteiger partial charge in [0.05, 0.1) is 0 Å². The highest BCUT2D eigenvalue weighted by molar-refractivity contribution is 9.10. The summed E-state index contributed by atoms with van der Waals surface area (Å²) >= 11 is 3.38. The first-order valence-corrected chi connectivity index (χ1v) is 9.70. The molecule has 0 atom stereocenters. The molecule has 3 rings (SSSR count). The van der Waals surface area contributed by atoms with Gasteiger partial charge in [-0.05, 0) is 49.6 Å². The number of carbonyl (C=O) groups is 2. The zero-order chi connectivity index (χ0) is 18.5. The van der Waals surface area contributed by atoms with Gasteiger partial charge in [-0.15, -0.1) is 0 Å². The number of rotatable bonds is 4. The van der Waals surface area contributed by atoms with E-state index in [1.807, 2.05) is 60.4 Å². The molecule has 0 bridgehead atoms. The highest BCUT2D eigenvalue weighted by Crippen LogP contribution is 2.20. The van der Waals surface area contributed by atoms with E-state index in [4.69, 9.17) is 0 Å². The summed E-state index contributed by atoms with van der Waals surface area (Å²) in [5.41, 5.74) is 3.00. The molecule has 2 amide bonds. The van der Waals surface area contributed by atoms with Gasteiger partial charge in [0.2, 0.25) is 5.91 Å². The smallest absolute Gasteiger partial charge is 0.253 e. The fraction of sp³-hybridized carbons (Fsp3) is 0.333. The van der Waals surface area contributed by atoms with E-state index >= 15 is 0 Å². The Morgan fingerprint density at radius 2 is 1.65 bits per heavy atom. The van der Waals surface area contributed by atoms with Crippen molar-refractivity contribution in [3.05, 3.63) is 69.7 Å². The molecule has 0 spiro atoms. The Labute approximate surface area is 162 Å². The SMILES string of the molecule is Cc1ccc(CNC(=O)C2CCN(C(=O)c3ccc(Br)cc3)CC2)cc1. The molecule has 2 aromatic carbocycles. The van der Waals surface area contributed by atoms with Crippen LogP contribution in [0.4, 0.5) is 0 Å². The lowest BCUT2D eigenvalue weighted by molar-refractivity contribution is -0.126. The van der Waals surface area contributed by atoms with E-state index in [1.54, 1.807) is 0 Å². The van der Waals surface area contributed by atoms with Gasteiger partial charge in [-0.2, -0.15) is 0 Å². The number of hydrogen-bond donors (Lipinski definition) is 1. The first-order valence-electron chi connectivity index (χ1n) is 8.91. The van der Waals surface area contributed by atoms with Gasteiger partial charge in [0, 0.05) is 35.6 Å². The predicted octanol–water partition coefficient (Wildman–Crippen LogP) is 3.93. The third kappa shape index (κ3) is 4.73. The molecule has 4 nitrogen and oxygen atoms in total. The van der Waals surface area contributed by atoms with Crippen LogP contribution >= 0.6 is 15.9 Å². The quantitative estimate of drug-likeness (QED) is 0.823. The Morgan fingerprint density at radius 1 is 1.04 bits per heavy atom. The average molecular weight is 415 g/mol. The number of halogens is 1. The van der Waals surface area contributed by atoms with E-state index in [1.165, 1.54) is 5.56 Å². The molecule has 0 aliphatic carbocycles. The summed E-state index contributed by atoms with van der Waals surface area (Å²) in [5.74, 6) is 0.103. The molecule has 1 saturated heterocycles. The molecule has 1 N–H and O–H groups in total. The van der Waals surface area contributed by atoms with Crippen LogP contribution in [-0.2, 0) is 11.3 Å². The van der Waals surface area contributed by atoms with Crippen LogP contribution in [0.25, 0.3) is 0 Å². The minimum atomic E-state index is -0.0191. The number of amides is 2. The number of carbonyl (C=O) groups excluding carboxylic acids is 2. The molecule has 1 aliphatic heterocycles. The third-order valence-corrected chi connectivity index (χ3v) is 5.36. The average Bonchev–Trinajstić information content (AvgIpc) is 2.67. The second-order valence-corrected chi connectivity index (χ2v) is 7.69. The largest absolute Gasteiger partial charge is 0.352 e. The molecule has 0 unspecified atom stereocenters. The maximum atomic E-state index is 12.5. The summed E-state index contributed by atoms with van der Waals surface area (Å²) in [6.07, 6.45) is 1.42. The summed E-state index contributed by atoms with van der Waals surface area (Å²) in [4.78, 5) is 26.8. The molecule has 5 heteroatoms. The van der Waals surface area contributed by atoms with Crippen molar-refractivity contribution in [1.82, 2.24) is 10.2 Å². The molecule has 1 heterocycles. The van der Waals surface area contributed by atoms with Gasteiger partial charge in [0.25, 0.3) is 5.91 Å². The molecule has 1 fully saturated rings. The second kappa shape index (κ2) is 8.49. The molecule has 0 radical (unpaired) electrons. The normalized spacial score (nSPS) is 14.9. The molecule has 2 aromatic rings. The monoisotopic (exact) mass is 414 g/mol. The summed E-state index contributed by atoms with van der Waals surface area (Å²) in [6, 6.07) is 15.6. The fourth-order valence-electron chi connectivity index (χ4n) is 3.16. The molecule has 1 aliphatic rings. The standard InChI is InChI=1S/C21H23BrN2O2/c1-15-2-4-16(5-3-15)14-23-20(25)17-10-12-24(13-11-17)21(26)18-6-8-19(22)9-7-18/h2-9,17H,10-14H2,1H3,(H,23,25). The maximum absolute atomic E-state index is 12.5. The molecule has 136 valence electrons. The van der Waals surface area contributed by atoms with Crippen molar-refractivity contribution in [1.29, 1.82) is 0 Å². The summed E-state index contributed by atoms with van der Waals surface area (Å²) in [5, 5.41) is 3.02. The summed E-state index contributed by atoms with van der Waals surface area (Å²) in [7, 11) is 0. The van der Waals surface area contributed by atoms with Crippen LogP contribution in [0.1, 0.15) is 34.3 Å². The zero-order valence-corrected chi connectivity index (χ0v) is 16.5. The van der Waals surface area contributed by atoms with Gasteiger partial charge < -0.3 is 10.2 Å². The number of benzene rings is 2. The topological polar surface area (TPSA) is 49.4 Å². The van der Waals surface area contributed by atoms with E-state index in [-0.39, 0.29) is 17.7 Å². The molecular weight excluding hydrogens is 392 g/mol. The van der Waals surface area contributed by atoms with Crippen LogP contribution in [0.2, 0.25) is 0 Å². The van der Waals surface area contributed by atoms with E-state index in [0.717, 1.165) is 10.0 Å². The van der Waals surface area contributed by atoms with Gasteiger partial charge in [-0.3, -0.25) is 9.59 Å². The van der Waals surface area contributed by atoms with Crippen LogP contribution in [-0.4, -0.2) is 29.8 Å². The highest BCUT2D eigenvalue weighted by Gasteiger charge is 2.27. The molecular formula is C21H23BrN2O2. The van der Waals surface area contributed by atoms with Crippen molar-refractivity contribution in [2.24, 2.45) is 5.92 Å². The van der Waals surface area contributed by atoms with Crippen LogP contribution in [0, 0.1) is 12.8 Å². The fourth-order valence-corrected chi connectivity index (χ4v) is 3.42. The Balaban J connectivity index is 1.48. The van der Waals surface area contributed by atoms with Gasteiger partial charge >= 0.3 is 0 Å². The van der Waals surface area contributed by atoms with E-state index in [2.05, 4.69) is 21.2 Å². The minimum Gasteiger partial charge on any atom is -0.352 e. The molecule has 0 saturated carbocycles. The van der Waals surface area contributed by atoms with Crippen molar-refractivity contribution < 1.29 is 9.59 Å². The highest BCUT2D eigenvalue weighted by atomic mass is 79.9. The minimum absolute atomic E-state index is 0.0191. The summed E-state index contributed by atoms with van der Waals surface area (Å²) < 4.78 is 0.956. The van der Waals surface area contributed by atoms with Crippen LogP contribution < -0.4 is 5.32 Å². The zero-order valence-electron chi connectivity index (χ0n) is 14.9. The van der Waals surface area contributed by atoms with E-state index in [0.29, 0.717) is 38.0 Å². The summed E-state index contributed by atoms with van der Waals surface area (Å²) in [6.45, 7) is 3.85. The number of piperidine rings is 1. The predicted molar refractivity (Wildman–Crippen MR) is 106 cm³/mol. The Morgan fingerprint density at radius 3 is 2.27 bits per heavy atom. The van der Waals surface area contributed by atoms with Crippen molar-refractivity contribution in [3.63, 3.8) is 0 Å². The Kier molecular flexibility index (Phi) is 6.09. The lowest BCUT2D eigenvalue weighted by Crippen LogP contribution is -2.42. The van der Waals surface area contributed by atoms with E-state index < -0.39 is 0 Å². The van der Waals surface area contributed by atoms with Gasteiger partial charge in [0.15, 0.2) is 0 Å². The number of nitrogens with zero attached hydrogens (tertiary/aromatic N) is 1. The van der Waals surface area contributed by atoms with Crippen LogP contribution in [0.3, 0.4) is 0 Å². The number of hydrogen-bond acceptors (Lipinski definition) is 2. The first-order chi connectivity index (χ1) is 12.5. The van der Waals surface area contributed by atoms with Crippen molar-refractivity contribution in [2.75, 3.05) is 13.1 Å². The Bertz CT molecular complexity index is 764. The Hall–Kier alpha value is -2.14. The molecule has 0 aromatic heterocycles. The third-order valence-electron chi connectivity index (χ3n) is 4.83. The van der Waals surface area contributed by atoms with Crippen LogP contribution in [0.15, 0.2) is 53.0 Å². The second-order valence-electron chi connectivity index (χ2n) is 6.78. The maximum Gasteiger partial charge on any atom is 0.253 e. The van der Waals surface area contributed by atoms with Crippen molar-refractivity contribution in [3.8, 4) is 0 Å². The lowest BCUT2D eigenvalue weighted by atomic mass is 9.95. The number of likely N-dealkylation sites (tertiary alicyclic amines) is 1. The van der Waals surface area contributed by atoms with E-state index in [9.17, 15) is 9.59 Å². The van der Waals surface area contributed by atoms with Crippen LogP contribution in [0.5, 0.6) is 0 Å². The number of nitrogens with one attached hydrogen (secondary N) is 1. The van der Waals surface area contributed by atoms with Gasteiger partial charge in [-0.25, -0.2) is 0 Å². The van der Waals surface area contributed by atoms with Crippen molar-refractivity contribution in [2.45, 2.75) is 26.3 Å². The van der Waals surface area contributed by atoms with Gasteiger partial charge in [0.1, 0.15) is 0 Å². The van der Waals surface area contributed by atoms with Gasteiger partial charge in [-0.1, -0.05) is 45.8 Å². The number of aryl methyl sites for hydroxylation is 1. The molecule has 26 heavy (non-hydrogen) atoms. The first kappa shape index (κ1) is 18.6. The lowest BCUT2D eigenvalue weighted by Gasteiger charge is -2.31.